The molecule has 0 aliphatic carbocycles. The molecule has 1 fully saturated rings. The van der Waals surface area contributed by atoms with E-state index in [4.69, 9.17) is 4.74 Å². The van der Waals surface area contributed by atoms with Crippen molar-refractivity contribution < 1.29 is 9.84 Å². The molecule has 2 atom stereocenters. The molecule has 5 heteroatoms. The van der Waals surface area contributed by atoms with Gasteiger partial charge >= 0.3 is 0 Å². The minimum Gasteiger partial charge on any atom is -0.491 e. The van der Waals surface area contributed by atoms with Crippen molar-refractivity contribution in [3.8, 4) is 5.75 Å². The molecule has 3 nitrogen and oxygen atoms in total. The monoisotopic (exact) mass is 359 g/mol. The van der Waals surface area contributed by atoms with E-state index in [1.807, 2.05) is 36.0 Å². The lowest BCUT2D eigenvalue weighted by atomic mass is 10.2. The third-order valence-corrected chi connectivity index (χ3v) is 5.21. The molecule has 20 heavy (non-hydrogen) atoms. The zero-order valence-electron chi connectivity index (χ0n) is 11.6. The number of rotatable bonds is 7. The molecule has 2 rings (SSSR count). The Morgan fingerprint density at radius 2 is 2.15 bits per heavy atom. The van der Waals surface area contributed by atoms with Crippen molar-refractivity contribution >= 4 is 27.7 Å². The van der Waals surface area contributed by atoms with E-state index in [0.717, 1.165) is 16.8 Å². The smallest absolute Gasteiger partial charge is 0.119 e. The van der Waals surface area contributed by atoms with Gasteiger partial charge in [-0.2, -0.15) is 11.8 Å². The van der Waals surface area contributed by atoms with E-state index in [0.29, 0.717) is 18.4 Å². The molecule has 0 aromatic heterocycles. The van der Waals surface area contributed by atoms with E-state index in [-0.39, 0.29) is 0 Å². The quantitative estimate of drug-likeness (QED) is 0.784. The molecular formula is C15H22BrNO2S. The maximum absolute atomic E-state index is 9.89. The number of hydrogen-bond donors (Lipinski definition) is 2. The van der Waals surface area contributed by atoms with Gasteiger partial charge in [-0.15, -0.1) is 0 Å². The third-order valence-electron chi connectivity index (χ3n) is 3.28. The van der Waals surface area contributed by atoms with E-state index in [9.17, 15) is 5.11 Å². The topological polar surface area (TPSA) is 41.5 Å². The number of halogens is 1. The highest BCUT2D eigenvalue weighted by atomic mass is 79.9. The van der Waals surface area contributed by atoms with Gasteiger partial charge in [0.05, 0.1) is 0 Å². The van der Waals surface area contributed by atoms with Crippen molar-refractivity contribution in [1.29, 1.82) is 0 Å². The number of hydrogen-bond acceptors (Lipinski definition) is 4. The third kappa shape index (κ3) is 6.04. The van der Waals surface area contributed by atoms with E-state index in [2.05, 4.69) is 21.2 Å². The van der Waals surface area contributed by atoms with Gasteiger partial charge < -0.3 is 15.2 Å². The molecule has 0 radical (unpaired) electrons. The second-order valence-electron chi connectivity index (χ2n) is 5.07. The Labute approximate surface area is 133 Å². The first-order valence-corrected chi connectivity index (χ1v) is 8.97. The molecule has 2 unspecified atom stereocenters. The Hall–Kier alpha value is -0.230. The van der Waals surface area contributed by atoms with Crippen molar-refractivity contribution in [2.24, 2.45) is 0 Å². The standard InChI is InChI=1S/C15H22BrNO2S/c16-12-4-6-14(7-5-12)19-11-13(18)9-17-10-15-3-1-2-8-20-15/h4-7,13,15,17-18H,1-3,8-11H2. The average Bonchev–Trinajstić information content (AvgIpc) is 2.48. The number of thioether (sulfide) groups is 1. The van der Waals surface area contributed by atoms with Crippen LogP contribution in [0.4, 0.5) is 0 Å². The summed E-state index contributed by atoms with van der Waals surface area (Å²) in [6.07, 6.45) is 3.52. The van der Waals surface area contributed by atoms with Crippen LogP contribution in [0.5, 0.6) is 5.75 Å². The Balaban J connectivity index is 1.57. The van der Waals surface area contributed by atoms with Crippen LogP contribution in [-0.4, -0.2) is 41.9 Å². The fraction of sp³-hybridized carbons (Fsp3) is 0.600. The molecule has 0 spiro atoms. The highest BCUT2D eigenvalue weighted by Gasteiger charge is 2.14. The van der Waals surface area contributed by atoms with Gasteiger partial charge in [0.15, 0.2) is 0 Å². The van der Waals surface area contributed by atoms with Crippen LogP contribution >= 0.6 is 27.7 Å². The normalized spacial score (nSPS) is 20.6. The lowest BCUT2D eigenvalue weighted by Gasteiger charge is -2.22. The second-order valence-corrected chi connectivity index (χ2v) is 7.39. The number of aliphatic hydroxyl groups is 1. The molecule has 1 heterocycles. The van der Waals surface area contributed by atoms with Gasteiger partial charge in [0.1, 0.15) is 18.5 Å². The SMILES string of the molecule is OC(CNCC1CCCCS1)COc1ccc(Br)cc1. The van der Waals surface area contributed by atoms with Crippen molar-refractivity contribution in [1.82, 2.24) is 5.32 Å². The lowest BCUT2D eigenvalue weighted by Crippen LogP contribution is -2.35. The summed E-state index contributed by atoms with van der Waals surface area (Å²) in [4.78, 5) is 0. The number of ether oxygens (including phenoxy) is 1. The Kier molecular flexibility index (Phi) is 7.21. The van der Waals surface area contributed by atoms with Gasteiger partial charge in [-0.3, -0.25) is 0 Å². The molecule has 1 saturated heterocycles. The number of aliphatic hydroxyl groups excluding tert-OH is 1. The van der Waals surface area contributed by atoms with Crippen LogP contribution in [0.3, 0.4) is 0 Å². The van der Waals surface area contributed by atoms with Gasteiger partial charge in [0.2, 0.25) is 0 Å². The lowest BCUT2D eigenvalue weighted by molar-refractivity contribution is 0.106. The minimum absolute atomic E-state index is 0.326. The van der Waals surface area contributed by atoms with E-state index >= 15 is 0 Å². The van der Waals surface area contributed by atoms with Crippen molar-refractivity contribution in [2.75, 3.05) is 25.4 Å². The minimum atomic E-state index is -0.466. The molecule has 0 saturated carbocycles. The zero-order valence-corrected chi connectivity index (χ0v) is 14.0. The Morgan fingerprint density at radius 1 is 1.35 bits per heavy atom. The maximum atomic E-state index is 9.89. The molecule has 1 aliphatic heterocycles. The van der Waals surface area contributed by atoms with Crippen LogP contribution in [-0.2, 0) is 0 Å². The average molecular weight is 360 g/mol. The molecule has 2 N–H and O–H groups in total. The van der Waals surface area contributed by atoms with E-state index in [1.165, 1.54) is 25.0 Å². The predicted molar refractivity (Wildman–Crippen MR) is 88.6 cm³/mol. The summed E-state index contributed by atoms with van der Waals surface area (Å²) in [5, 5.41) is 13.9. The molecule has 1 aliphatic rings. The van der Waals surface area contributed by atoms with Crippen LogP contribution in [0.25, 0.3) is 0 Å². The van der Waals surface area contributed by atoms with Crippen molar-refractivity contribution in [3.05, 3.63) is 28.7 Å². The second kappa shape index (κ2) is 8.93. The number of benzene rings is 1. The maximum Gasteiger partial charge on any atom is 0.119 e. The Bertz CT molecular complexity index is 382. The summed E-state index contributed by atoms with van der Waals surface area (Å²) >= 11 is 5.43. The van der Waals surface area contributed by atoms with E-state index in [1.54, 1.807) is 0 Å². The number of nitrogens with one attached hydrogen (secondary N) is 1. The van der Waals surface area contributed by atoms with Gasteiger partial charge in [0, 0.05) is 22.8 Å². The summed E-state index contributed by atoms with van der Waals surface area (Å²) in [5.74, 6) is 2.07. The van der Waals surface area contributed by atoms with E-state index < -0.39 is 6.10 Å². The highest BCUT2D eigenvalue weighted by molar-refractivity contribution is 9.10. The highest BCUT2D eigenvalue weighted by Crippen LogP contribution is 2.24. The molecule has 112 valence electrons. The fourth-order valence-electron chi connectivity index (χ4n) is 2.16. The molecule has 1 aromatic rings. The molecular weight excluding hydrogens is 338 g/mol. The first kappa shape index (κ1) is 16.1. The van der Waals surface area contributed by atoms with Crippen LogP contribution in [0.1, 0.15) is 19.3 Å². The molecule has 0 amide bonds. The van der Waals surface area contributed by atoms with Gasteiger partial charge in [0.25, 0.3) is 0 Å². The first-order chi connectivity index (χ1) is 9.74. The van der Waals surface area contributed by atoms with Gasteiger partial charge in [-0.1, -0.05) is 22.4 Å². The van der Waals surface area contributed by atoms with Gasteiger partial charge in [-0.25, -0.2) is 0 Å². The van der Waals surface area contributed by atoms with Crippen LogP contribution in [0.15, 0.2) is 28.7 Å². The summed E-state index contributed by atoms with van der Waals surface area (Å²) < 4.78 is 6.57. The largest absolute Gasteiger partial charge is 0.491 e. The summed E-state index contributed by atoms with van der Waals surface area (Å²) in [6.45, 7) is 1.90. The van der Waals surface area contributed by atoms with Crippen LogP contribution in [0, 0.1) is 0 Å². The summed E-state index contributed by atoms with van der Waals surface area (Å²) in [5.41, 5.74) is 0. The zero-order chi connectivity index (χ0) is 14.2. The van der Waals surface area contributed by atoms with Crippen molar-refractivity contribution in [3.63, 3.8) is 0 Å². The van der Waals surface area contributed by atoms with Crippen LogP contribution < -0.4 is 10.1 Å². The molecule has 0 bridgehead atoms. The van der Waals surface area contributed by atoms with Crippen LogP contribution in [0.2, 0.25) is 0 Å². The predicted octanol–water partition coefficient (Wildman–Crippen LogP) is 3.06. The fourth-order valence-corrected chi connectivity index (χ4v) is 3.70. The summed E-state index contributed by atoms with van der Waals surface area (Å²) in [6, 6.07) is 7.65. The summed E-state index contributed by atoms with van der Waals surface area (Å²) in [7, 11) is 0. The van der Waals surface area contributed by atoms with Crippen molar-refractivity contribution in [2.45, 2.75) is 30.6 Å². The molecule has 1 aromatic carbocycles. The Morgan fingerprint density at radius 3 is 2.85 bits per heavy atom. The first-order valence-electron chi connectivity index (χ1n) is 7.13. The van der Waals surface area contributed by atoms with Gasteiger partial charge in [-0.05, 0) is 42.9 Å².